The van der Waals surface area contributed by atoms with Gasteiger partial charge in [-0.05, 0) is 38.3 Å². The molecule has 29 heavy (non-hydrogen) atoms. The first-order valence-corrected chi connectivity index (χ1v) is 9.95. The fraction of sp³-hybridized carbons (Fsp3) is 0.500. The molecule has 0 bridgehead atoms. The van der Waals surface area contributed by atoms with Gasteiger partial charge in [0, 0.05) is 12.3 Å². The normalized spacial score (nSPS) is 24.2. The number of allylic oxidation sites excluding steroid dienone is 2. The van der Waals surface area contributed by atoms with Gasteiger partial charge in [-0.15, -0.1) is 0 Å². The molecule has 2 amide bonds. The number of nitrogens with zero attached hydrogens (tertiary/aromatic N) is 1. The smallest absolute Gasteiger partial charge is 0.305 e. The average Bonchev–Trinajstić information content (AvgIpc) is 2.97. The molecule has 0 spiro atoms. The summed E-state index contributed by atoms with van der Waals surface area (Å²) in [7, 11) is 1.39. The molecule has 156 valence electrons. The van der Waals surface area contributed by atoms with Crippen molar-refractivity contribution in [2.24, 2.45) is 5.92 Å². The standard InChI is InChI=1S/C22H27NO6/c1-15-28-14-16(9-5-3-4-6-12-20(24)27-2)19(29-15)13-23-21(25)17-10-7-8-11-18(17)22(23)26/h3,5,7-8,10-11,15-16,19H,4,6,9,12-14H2,1-2H3/t15-,16+,19+/m1/s1. The average molecular weight is 401 g/mol. The van der Waals surface area contributed by atoms with Crippen molar-refractivity contribution in [2.75, 3.05) is 20.3 Å². The van der Waals surface area contributed by atoms with E-state index in [0.29, 0.717) is 30.6 Å². The van der Waals surface area contributed by atoms with Crippen LogP contribution < -0.4 is 0 Å². The Morgan fingerprint density at radius 3 is 2.55 bits per heavy atom. The summed E-state index contributed by atoms with van der Waals surface area (Å²) in [6, 6.07) is 6.87. The van der Waals surface area contributed by atoms with Crippen molar-refractivity contribution in [1.29, 1.82) is 0 Å². The van der Waals surface area contributed by atoms with E-state index in [1.165, 1.54) is 12.0 Å². The Morgan fingerprint density at radius 2 is 1.90 bits per heavy atom. The van der Waals surface area contributed by atoms with Gasteiger partial charge in [-0.1, -0.05) is 24.3 Å². The van der Waals surface area contributed by atoms with Crippen LogP contribution in [0.2, 0.25) is 0 Å². The number of hydrogen-bond acceptors (Lipinski definition) is 6. The van der Waals surface area contributed by atoms with Crippen molar-refractivity contribution in [2.45, 2.75) is 45.0 Å². The highest BCUT2D eigenvalue weighted by molar-refractivity contribution is 6.21. The maximum absolute atomic E-state index is 12.6. The Bertz CT molecular complexity index is 754. The summed E-state index contributed by atoms with van der Waals surface area (Å²) in [5.41, 5.74) is 0.888. The molecule has 1 fully saturated rings. The molecular formula is C22H27NO6. The van der Waals surface area contributed by atoms with Crippen LogP contribution in [0, 0.1) is 5.92 Å². The molecule has 2 heterocycles. The second-order valence-corrected chi connectivity index (χ2v) is 7.28. The van der Waals surface area contributed by atoms with Gasteiger partial charge in [0.2, 0.25) is 0 Å². The van der Waals surface area contributed by atoms with Gasteiger partial charge >= 0.3 is 5.97 Å². The minimum absolute atomic E-state index is 0.0346. The van der Waals surface area contributed by atoms with E-state index >= 15 is 0 Å². The molecule has 2 aliphatic rings. The minimum atomic E-state index is -0.379. The van der Waals surface area contributed by atoms with Gasteiger partial charge < -0.3 is 14.2 Å². The highest BCUT2D eigenvalue weighted by Crippen LogP contribution is 2.28. The minimum Gasteiger partial charge on any atom is -0.469 e. The van der Waals surface area contributed by atoms with Gasteiger partial charge in [0.05, 0.1) is 37.5 Å². The van der Waals surface area contributed by atoms with E-state index in [2.05, 4.69) is 4.74 Å². The van der Waals surface area contributed by atoms with Crippen LogP contribution in [0.4, 0.5) is 0 Å². The van der Waals surface area contributed by atoms with E-state index in [4.69, 9.17) is 9.47 Å². The lowest BCUT2D eigenvalue weighted by atomic mass is 9.97. The zero-order valence-electron chi connectivity index (χ0n) is 16.8. The monoisotopic (exact) mass is 401 g/mol. The van der Waals surface area contributed by atoms with E-state index in [1.54, 1.807) is 24.3 Å². The molecule has 7 nitrogen and oxygen atoms in total. The molecule has 1 saturated heterocycles. The number of carbonyl (C=O) groups is 3. The third-order valence-electron chi connectivity index (χ3n) is 5.26. The number of ether oxygens (including phenoxy) is 3. The number of rotatable bonds is 8. The number of amides is 2. The van der Waals surface area contributed by atoms with Crippen LogP contribution >= 0.6 is 0 Å². The first-order chi connectivity index (χ1) is 14.0. The molecular weight excluding hydrogens is 374 g/mol. The van der Waals surface area contributed by atoms with Crippen molar-refractivity contribution in [3.8, 4) is 0 Å². The third-order valence-corrected chi connectivity index (χ3v) is 5.26. The Morgan fingerprint density at radius 1 is 1.21 bits per heavy atom. The molecule has 2 aliphatic heterocycles. The number of hydrogen-bond donors (Lipinski definition) is 0. The molecule has 0 aromatic heterocycles. The SMILES string of the molecule is COC(=O)CCCC=CC[C@H]1CO[C@@H](C)O[C@H]1CN1C(=O)c2ccccc2C1=O. The van der Waals surface area contributed by atoms with Crippen molar-refractivity contribution in [1.82, 2.24) is 4.90 Å². The number of imide groups is 1. The molecule has 0 N–H and O–H groups in total. The Hall–Kier alpha value is -2.51. The zero-order chi connectivity index (χ0) is 20.8. The van der Waals surface area contributed by atoms with Crippen molar-refractivity contribution < 1.29 is 28.6 Å². The maximum Gasteiger partial charge on any atom is 0.305 e. The number of carbonyl (C=O) groups excluding carboxylic acids is 3. The topological polar surface area (TPSA) is 82.1 Å². The zero-order valence-corrected chi connectivity index (χ0v) is 16.8. The van der Waals surface area contributed by atoms with Crippen LogP contribution in [0.1, 0.15) is 53.3 Å². The fourth-order valence-electron chi connectivity index (χ4n) is 3.61. The van der Waals surface area contributed by atoms with Crippen LogP contribution in [0.15, 0.2) is 36.4 Å². The van der Waals surface area contributed by atoms with Crippen LogP contribution in [0.3, 0.4) is 0 Å². The molecule has 1 aromatic carbocycles. The van der Waals surface area contributed by atoms with Gasteiger partial charge in [-0.3, -0.25) is 19.3 Å². The third kappa shape index (κ3) is 5.10. The van der Waals surface area contributed by atoms with Crippen LogP contribution in [-0.2, 0) is 19.0 Å². The molecule has 0 saturated carbocycles. The summed E-state index contributed by atoms with van der Waals surface area (Å²) in [6.07, 6.45) is 6.02. The summed E-state index contributed by atoms with van der Waals surface area (Å²) >= 11 is 0. The van der Waals surface area contributed by atoms with Crippen molar-refractivity contribution >= 4 is 17.8 Å². The predicted octanol–water partition coefficient (Wildman–Crippen LogP) is 2.95. The van der Waals surface area contributed by atoms with E-state index in [1.807, 2.05) is 19.1 Å². The largest absolute Gasteiger partial charge is 0.469 e. The molecule has 3 atom stereocenters. The van der Waals surface area contributed by atoms with Gasteiger partial charge in [0.15, 0.2) is 6.29 Å². The molecule has 1 aromatic rings. The summed E-state index contributed by atoms with van der Waals surface area (Å²) in [5, 5.41) is 0. The molecule has 0 unspecified atom stereocenters. The van der Waals surface area contributed by atoms with Crippen LogP contribution in [0.5, 0.6) is 0 Å². The van der Waals surface area contributed by atoms with Gasteiger partial charge in [0.1, 0.15) is 0 Å². The first kappa shape index (κ1) is 21.2. The Kier molecular flexibility index (Phi) is 7.17. The lowest BCUT2D eigenvalue weighted by Crippen LogP contribution is -2.47. The van der Waals surface area contributed by atoms with E-state index < -0.39 is 0 Å². The molecule has 0 radical (unpaired) electrons. The first-order valence-electron chi connectivity index (χ1n) is 9.95. The van der Waals surface area contributed by atoms with E-state index in [-0.39, 0.29) is 42.6 Å². The summed E-state index contributed by atoms with van der Waals surface area (Å²) in [5.74, 6) is -0.717. The number of methoxy groups -OCH3 is 1. The Labute approximate surface area is 170 Å². The number of unbranched alkanes of at least 4 members (excludes halogenated alkanes) is 1. The molecule has 7 heteroatoms. The van der Waals surface area contributed by atoms with E-state index in [0.717, 1.165) is 12.8 Å². The number of fused-ring (bicyclic) bond motifs is 1. The highest BCUT2D eigenvalue weighted by Gasteiger charge is 2.39. The number of esters is 1. The lowest BCUT2D eigenvalue weighted by molar-refractivity contribution is -0.227. The quantitative estimate of drug-likeness (QED) is 0.288. The Balaban J connectivity index is 1.57. The number of benzene rings is 1. The lowest BCUT2D eigenvalue weighted by Gasteiger charge is -2.36. The van der Waals surface area contributed by atoms with Gasteiger partial charge in [-0.2, -0.15) is 0 Å². The van der Waals surface area contributed by atoms with E-state index in [9.17, 15) is 14.4 Å². The van der Waals surface area contributed by atoms with Gasteiger partial charge in [-0.25, -0.2) is 0 Å². The highest BCUT2D eigenvalue weighted by atomic mass is 16.7. The van der Waals surface area contributed by atoms with Crippen molar-refractivity contribution in [3.05, 3.63) is 47.5 Å². The second kappa shape index (κ2) is 9.80. The second-order valence-electron chi connectivity index (χ2n) is 7.28. The molecule has 3 rings (SSSR count). The summed E-state index contributed by atoms with van der Waals surface area (Å²) in [4.78, 5) is 37.7. The van der Waals surface area contributed by atoms with Crippen molar-refractivity contribution in [3.63, 3.8) is 0 Å². The predicted molar refractivity (Wildman–Crippen MR) is 105 cm³/mol. The summed E-state index contributed by atoms with van der Waals surface area (Å²) < 4.78 is 16.2. The molecule has 0 aliphatic carbocycles. The van der Waals surface area contributed by atoms with Crippen LogP contribution in [-0.4, -0.2) is 55.3 Å². The maximum atomic E-state index is 12.6. The van der Waals surface area contributed by atoms with Crippen LogP contribution in [0.25, 0.3) is 0 Å². The summed E-state index contributed by atoms with van der Waals surface area (Å²) in [6.45, 7) is 2.52. The van der Waals surface area contributed by atoms with Gasteiger partial charge in [0.25, 0.3) is 11.8 Å². The fourth-order valence-corrected chi connectivity index (χ4v) is 3.61.